The third kappa shape index (κ3) is 2.22. The lowest BCUT2D eigenvalue weighted by Crippen LogP contribution is -1.98. The Kier molecular flexibility index (Phi) is 3.08. The number of nitrogens with zero attached hydrogens (tertiary/aromatic N) is 2. The van der Waals surface area contributed by atoms with Gasteiger partial charge in [-0.25, -0.2) is 0 Å². The zero-order chi connectivity index (χ0) is 7.40. The van der Waals surface area contributed by atoms with E-state index >= 15 is 0 Å². The van der Waals surface area contributed by atoms with E-state index in [9.17, 15) is 0 Å². The van der Waals surface area contributed by atoms with Crippen molar-refractivity contribution in [3.05, 3.63) is 3.92 Å². The normalized spacial score (nSPS) is 9.80. The molecule has 0 aliphatic heterocycles. The van der Waals surface area contributed by atoms with E-state index in [0.29, 0.717) is 0 Å². The van der Waals surface area contributed by atoms with Crippen molar-refractivity contribution in [3.8, 4) is 0 Å². The SMILES string of the molecule is CCCNc1nnc(Br)s1. The van der Waals surface area contributed by atoms with E-state index in [1.807, 2.05) is 0 Å². The lowest BCUT2D eigenvalue weighted by Gasteiger charge is -1.94. The summed E-state index contributed by atoms with van der Waals surface area (Å²) in [6.45, 7) is 3.07. The molecule has 1 rings (SSSR count). The van der Waals surface area contributed by atoms with Crippen molar-refractivity contribution in [1.82, 2.24) is 10.2 Å². The highest BCUT2D eigenvalue weighted by Gasteiger charge is 1.97. The van der Waals surface area contributed by atoms with Crippen LogP contribution >= 0.6 is 27.3 Å². The summed E-state index contributed by atoms with van der Waals surface area (Å²) in [5, 5.41) is 11.7. The molecular formula is C5H8BrN3S. The van der Waals surface area contributed by atoms with E-state index in [1.54, 1.807) is 0 Å². The van der Waals surface area contributed by atoms with Crippen LogP contribution in [0.2, 0.25) is 0 Å². The molecule has 0 aliphatic carbocycles. The molecule has 0 unspecified atom stereocenters. The molecule has 1 heterocycles. The van der Waals surface area contributed by atoms with Crippen LogP contribution in [0.15, 0.2) is 3.92 Å². The molecule has 0 saturated heterocycles. The Bertz CT molecular complexity index is 201. The fourth-order valence-corrected chi connectivity index (χ4v) is 1.55. The van der Waals surface area contributed by atoms with Gasteiger partial charge in [-0.2, -0.15) is 0 Å². The summed E-state index contributed by atoms with van der Waals surface area (Å²) in [7, 11) is 0. The first-order valence-electron chi connectivity index (χ1n) is 3.06. The molecule has 0 atom stereocenters. The highest BCUT2D eigenvalue weighted by atomic mass is 79.9. The molecule has 0 fully saturated rings. The van der Waals surface area contributed by atoms with Crippen molar-refractivity contribution < 1.29 is 0 Å². The highest BCUT2D eigenvalue weighted by Crippen LogP contribution is 2.19. The third-order valence-corrected chi connectivity index (χ3v) is 2.24. The Morgan fingerprint density at radius 3 is 2.90 bits per heavy atom. The van der Waals surface area contributed by atoms with Gasteiger partial charge < -0.3 is 5.32 Å². The number of hydrogen-bond donors (Lipinski definition) is 1. The molecule has 3 nitrogen and oxygen atoms in total. The fourth-order valence-electron chi connectivity index (χ4n) is 0.509. The first-order valence-corrected chi connectivity index (χ1v) is 4.66. The third-order valence-electron chi connectivity index (χ3n) is 0.927. The number of anilines is 1. The molecule has 0 aliphatic rings. The molecule has 5 heteroatoms. The van der Waals surface area contributed by atoms with Crippen LogP contribution in [-0.2, 0) is 0 Å². The van der Waals surface area contributed by atoms with Crippen LogP contribution in [0.1, 0.15) is 13.3 Å². The fraction of sp³-hybridized carbons (Fsp3) is 0.600. The molecule has 0 amide bonds. The zero-order valence-corrected chi connectivity index (χ0v) is 8.00. The van der Waals surface area contributed by atoms with Gasteiger partial charge in [0.05, 0.1) is 0 Å². The van der Waals surface area contributed by atoms with E-state index in [2.05, 4.69) is 38.4 Å². The molecule has 0 spiro atoms. The van der Waals surface area contributed by atoms with Crippen molar-refractivity contribution in [3.63, 3.8) is 0 Å². The first kappa shape index (κ1) is 7.94. The smallest absolute Gasteiger partial charge is 0.206 e. The second-order valence-corrected chi connectivity index (χ2v) is 4.04. The maximum atomic E-state index is 3.86. The molecule has 1 N–H and O–H groups in total. The number of hydrogen-bond acceptors (Lipinski definition) is 4. The zero-order valence-electron chi connectivity index (χ0n) is 5.59. The molecular weight excluding hydrogens is 214 g/mol. The Hall–Kier alpha value is -0.160. The number of halogens is 1. The van der Waals surface area contributed by atoms with Gasteiger partial charge in [-0.3, -0.25) is 0 Å². The largest absolute Gasteiger partial charge is 0.360 e. The molecule has 0 aromatic carbocycles. The maximum absolute atomic E-state index is 3.86. The standard InChI is InChI=1S/C5H8BrN3S/c1-2-3-7-5-9-8-4(6)10-5/h2-3H2,1H3,(H,7,9). The van der Waals surface area contributed by atoms with Gasteiger partial charge in [0.15, 0.2) is 3.92 Å². The quantitative estimate of drug-likeness (QED) is 0.851. The predicted octanol–water partition coefficient (Wildman–Crippen LogP) is 2.12. The second kappa shape index (κ2) is 3.88. The molecule has 56 valence electrons. The van der Waals surface area contributed by atoms with Crippen molar-refractivity contribution in [2.45, 2.75) is 13.3 Å². The molecule has 10 heavy (non-hydrogen) atoms. The van der Waals surface area contributed by atoms with Gasteiger partial charge in [-0.05, 0) is 22.4 Å². The van der Waals surface area contributed by atoms with Crippen molar-refractivity contribution in [2.24, 2.45) is 0 Å². The number of rotatable bonds is 3. The second-order valence-electron chi connectivity index (χ2n) is 1.79. The summed E-state index contributed by atoms with van der Waals surface area (Å²) in [5.74, 6) is 0. The van der Waals surface area contributed by atoms with Crippen LogP contribution in [-0.4, -0.2) is 16.7 Å². The van der Waals surface area contributed by atoms with Crippen LogP contribution in [0, 0.1) is 0 Å². The molecule has 1 aromatic rings. The summed E-state index contributed by atoms with van der Waals surface area (Å²) in [4.78, 5) is 0. The van der Waals surface area contributed by atoms with Crippen LogP contribution in [0.3, 0.4) is 0 Å². The maximum Gasteiger partial charge on any atom is 0.206 e. The van der Waals surface area contributed by atoms with E-state index in [0.717, 1.165) is 22.0 Å². The number of nitrogens with one attached hydrogen (secondary N) is 1. The van der Waals surface area contributed by atoms with E-state index in [-0.39, 0.29) is 0 Å². The monoisotopic (exact) mass is 221 g/mol. The van der Waals surface area contributed by atoms with Crippen molar-refractivity contribution >= 4 is 32.4 Å². The van der Waals surface area contributed by atoms with Crippen molar-refractivity contribution in [1.29, 1.82) is 0 Å². The van der Waals surface area contributed by atoms with Gasteiger partial charge in [0.1, 0.15) is 0 Å². The van der Waals surface area contributed by atoms with Gasteiger partial charge in [0, 0.05) is 6.54 Å². The first-order chi connectivity index (χ1) is 4.83. The lowest BCUT2D eigenvalue weighted by atomic mass is 10.5. The summed E-state index contributed by atoms with van der Waals surface area (Å²) >= 11 is 4.74. The molecule has 0 bridgehead atoms. The summed E-state index contributed by atoms with van der Waals surface area (Å²) in [6, 6.07) is 0. The Morgan fingerprint density at radius 2 is 2.40 bits per heavy atom. The Balaban J connectivity index is 2.42. The van der Waals surface area contributed by atoms with Gasteiger partial charge in [-0.15, -0.1) is 10.2 Å². The average Bonchev–Trinajstić information content (AvgIpc) is 2.31. The van der Waals surface area contributed by atoms with Crippen LogP contribution < -0.4 is 5.32 Å². The average molecular weight is 222 g/mol. The molecule has 0 saturated carbocycles. The van der Waals surface area contributed by atoms with Gasteiger partial charge >= 0.3 is 0 Å². The minimum absolute atomic E-state index is 0.825. The molecule has 0 radical (unpaired) electrons. The number of aromatic nitrogens is 2. The van der Waals surface area contributed by atoms with Gasteiger partial charge in [-0.1, -0.05) is 18.3 Å². The van der Waals surface area contributed by atoms with Crippen molar-refractivity contribution in [2.75, 3.05) is 11.9 Å². The predicted molar refractivity (Wildman–Crippen MR) is 46.4 cm³/mol. The highest BCUT2D eigenvalue weighted by molar-refractivity contribution is 9.11. The van der Waals surface area contributed by atoms with E-state index in [4.69, 9.17) is 0 Å². The van der Waals surface area contributed by atoms with E-state index < -0.39 is 0 Å². The Morgan fingerprint density at radius 1 is 1.60 bits per heavy atom. The summed E-state index contributed by atoms with van der Waals surface area (Å²) < 4.78 is 0.825. The summed E-state index contributed by atoms with van der Waals surface area (Å²) in [6.07, 6.45) is 1.11. The Labute approximate surface area is 72.0 Å². The topological polar surface area (TPSA) is 37.8 Å². The minimum Gasteiger partial charge on any atom is -0.360 e. The van der Waals surface area contributed by atoms with Gasteiger partial charge in [0.25, 0.3) is 0 Å². The van der Waals surface area contributed by atoms with E-state index in [1.165, 1.54) is 11.3 Å². The van der Waals surface area contributed by atoms with Crippen LogP contribution in [0.5, 0.6) is 0 Å². The lowest BCUT2D eigenvalue weighted by molar-refractivity contribution is 0.961. The van der Waals surface area contributed by atoms with Crippen LogP contribution in [0.4, 0.5) is 5.13 Å². The van der Waals surface area contributed by atoms with Gasteiger partial charge in [0.2, 0.25) is 5.13 Å². The van der Waals surface area contributed by atoms with Crippen LogP contribution in [0.25, 0.3) is 0 Å². The minimum atomic E-state index is 0.825. The summed E-state index contributed by atoms with van der Waals surface area (Å²) in [5.41, 5.74) is 0. The molecule has 1 aromatic heterocycles.